The Morgan fingerprint density at radius 3 is 1.39 bits per heavy atom. The fraction of sp³-hybridized carbons (Fsp3) is 0.838. The zero-order valence-electron chi connectivity index (χ0n) is 29.5. The van der Waals surface area contributed by atoms with Gasteiger partial charge in [-0.2, -0.15) is 0 Å². The second-order valence-electron chi connectivity index (χ2n) is 14.3. The second-order valence-corrected chi connectivity index (χ2v) is 22.1. The zero-order chi connectivity index (χ0) is 32.4. The fourth-order valence-electron chi connectivity index (χ4n) is 5.15. The van der Waals surface area contributed by atoms with Gasteiger partial charge in [0.15, 0.2) is 8.32 Å². The summed E-state index contributed by atoms with van der Waals surface area (Å²) in [5.74, 6) is 0. The van der Waals surface area contributed by atoms with Crippen molar-refractivity contribution in [2.75, 3.05) is 24.7 Å². The maximum absolute atomic E-state index is 13.0. The monoisotopic (exact) mass is 716 g/mol. The maximum Gasteiger partial charge on any atom is 0.331 e. The van der Waals surface area contributed by atoms with E-state index in [1.807, 2.05) is 30.3 Å². The van der Waals surface area contributed by atoms with Crippen molar-refractivity contribution in [3.05, 3.63) is 35.9 Å². The van der Waals surface area contributed by atoms with Crippen LogP contribution in [0.4, 0.5) is 0 Å². The molecule has 0 saturated carbocycles. The SMILES string of the molecule is CC(C)(C)[Si](C)(C)OCCCCCCCCCCCCCCCCCCCCCCOP(=O)(CCBr)OCc1ccccc1. The van der Waals surface area contributed by atoms with Gasteiger partial charge in [-0.3, -0.25) is 4.57 Å². The summed E-state index contributed by atoms with van der Waals surface area (Å²) in [6.07, 6.45) is 27.3. The second kappa shape index (κ2) is 26.0. The summed E-state index contributed by atoms with van der Waals surface area (Å²) in [5, 5.41) is 0.949. The molecule has 0 aliphatic rings. The van der Waals surface area contributed by atoms with Gasteiger partial charge in [0, 0.05) is 11.9 Å². The Morgan fingerprint density at radius 1 is 0.614 bits per heavy atom. The summed E-state index contributed by atoms with van der Waals surface area (Å²) >= 11 is 3.39. The van der Waals surface area contributed by atoms with Gasteiger partial charge in [0.25, 0.3) is 0 Å². The number of halogens is 1. The number of unbranched alkanes of at least 4 members (excludes halogenated alkanes) is 19. The van der Waals surface area contributed by atoms with Crippen molar-refractivity contribution in [1.82, 2.24) is 0 Å². The first-order valence-corrected chi connectivity index (χ1v) is 24.0. The highest BCUT2D eigenvalue weighted by molar-refractivity contribution is 9.09. The highest BCUT2D eigenvalue weighted by Crippen LogP contribution is 2.49. The van der Waals surface area contributed by atoms with Crippen molar-refractivity contribution < 1.29 is 18.0 Å². The molecule has 0 amide bonds. The van der Waals surface area contributed by atoms with Crippen molar-refractivity contribution in [3.63, 3.8) is 0 Å². The van der Waals surface area contributed by atoms with Gasteiger partial charge in [-0.25, -0.2) is 0 Å². The van der Waals surface area contributed by atoms with Gasteiger partial charge in [-0.1, -0.05) is 183 Å². The van der Waals surface area contributed by atoms with Crippen molar-refractivity contribution in [2.45, 2.75) is 174 Å². The van der Waals surface area contributed by atoms with E-state index in [4.69, 9.17) is 13.5 Å². The van der Waals surface area contributed by atoms with E-state index in [1.54, 1.807) is 0 Å². The molecule has 7 heteroatoms. The third kappa shape index (κ3) is 22.5. The third-order valence-corrected chi connectivity index (χ3v) is 16.6. The minimum atomic E-state index is -3.04. The standard InChI is InChI=1S/C37H70BrO4PSi/c1-37(2,3)44(4,5)42-33-28-23-21-19-17-15-13-11-9-7-6-8-10-12-14-16-18-20-22-27-32-40-43(39,34-31-38)41-35-36-29-25-24-26-30-36/h24-26,29-30H,6-23,27-28,31-35H2,1-5H3. The number of alkyl halides is 1. The number of hydrogen-bond donors (Lipinski definition) is 0. The molecule has 1 aromatic rings. The molecular formula is C37H70BrO4PSi. The van der Waals surface area contributed by atoms with Crippen LogP contribution < -0.4 is 0 Å². The number of hydrogen-bond acceptors (Lipinski definition) is 4. The van der Waals surface area contributed by atoms with Crippen LogP contribution in [0.1, 0.15) is 155 Å². The van der Waals surface area contributed by atoms with Gasteiger partial charge >= 0.3 is 7.60 Å². The van der Waals surface area contributed by atoms with Crippen molar-refractivity contribution in [2.24, 2.45) is 0 Å². The van der Waals surface area contributed by atoms with Crippen molar-refractivity contribution >= 4 is 31.8 Å². The molecule has 0 spiro atoms. The van der Waals surface area contributed by atoms with E-state index in [-0.39, 0.29) is 0 Å². The van der Waals surface area contributed by atoms with Crippen molar-refractivity contribution in [3.8, 4) is 0 Å². The average molecular weight is 718 g/mol. The Labute approximate surface area is 283 Å². The summed E-state index contributed by atoms with van der Waals surface area (Å²) in [4.78, 5) is 0. The maximum atomic E-state index is 13.0. The molecule has 1 rings (SSSR count). The highest BCUT2D eigenvalue weighted by Gasteiger charge is 2.36. The summed E-state index contributed by atoms with van der Waals surface area (Å²) in [6.45, 7) is 13.5. The lowest BCUT2D eigenvalue weighted by Crippen LogP contribution is -2.40. The lowest BCUT2D eigenvalue weighted by Gasteiger charge is -2.36. The van der Waals surface area contributed by atoms with Gasteiger partial charge in [0.1, 0.15) is 0 Å². The van der Waals surface area contributed by atoms with Gasteiger partial charge in [-0.05, 0) is 36.5 Å². The summed E-state index contributed by atoms with van der Waals surface area (Å²) in [7, 11) is -4.59. The first kappa shape index (κ1) is 42.0. The third-order valence-electron chi connectivity index (χ3n) is 9.22. The fourth-order valence-corrected chi connectivity index (χ4v) is 8.83. The molecule has 0 saturated heterocycles. The van der Waals surface area contributed by atoms with Crippen LogP contribution in [0.25, 0.3) is 0 Å². The lowest BCUT2D eigenvalue weighted by atomic mass is 10.0. The molecule has 258 valence electrons. The Balaban J connectivity index is 1.81. The summed E-state index contributed by atoms with van der Waals surface area (Å²) in [6, 6.07) is 9.88. The van der Waals surface area contributed by atoms with Crippen LogP contribution in [-0.4, -0.2) is 33.0 Å². The lowest BCUT2D eigenvalue weighted by molar-refractivity contribution is 0.195. The normalized spacial score (nSPS) is 13.8. The van der Waals surface area contributed by atoms with Crippen LogP contribution in [0.15, 0.2) is 30.3 Å². The molecule has 4 nitrogen and oxygen atoms in total. The van der Waals surface area contributed by atoms with E-state index < -0.39 is 15.9 Å². The Hall–Kier alpha value is 0.0269. The molecule has 0 aliphatic heterocycles. The molecule has 0 N–H and O–H groups in total. The van der Waals surface area contributed by atoms with Gasteiger partial charge in [0.2, 0.25) is 0 Å². The molecule has 1 aromatic carbocycles. The van der Waals surface area contributed by atoms with Gasteiger partial charge < -0.3 is 13.5 Å². The molecule has 0 radical (unpaired) electrons. The largest absolute Gasteiger partial charge is 0.417 e. The van der Waals surface area contributed by atoms with Crippen LogP contribution in [0, 0.1) is 0 Å². The number of rotatable bonds is 30. The minimum Gasteiger partial charge on any atom is -0.417 e. The van der Waals surface area contributed by atoms with E-state index >= 15 is 0 Å². The van der Waals surface area contributed by atoms with E-state index in [9.17, 15) is 4.57 Å². The number of benzene rings is 1. The van der Waals surface area contributed by atoms with Gasteiger partial charge in [0.05, 0.1) is 19.4 Å². The Morgan fingerprint density at radius 2 is 1.00 bits per heavy atom. The van der Waals surface area contributed by atoms with Crippen LogP contribution in [0.3, 0.4) is 0 Å². The first-order chi connectivity index (χ1) is 21.1. The molecule has 1 atom stereocenters. The summed E-state index contributed by atoms with van der Waals surface area (Å²) in [5.41, 5.74) is 1.02. The average Bonchev–Trinajstić information content (AvgIpc) is 2.98. The van der Waals surface area contributed by atoms with Crippen LogP contribution >= 0.6 is 23.5 Å². The Kier molecular flexibility index (Phi) is 24.9. The molecule has 0 fully saturated rings. The molecule has 0 bridgehead atoms. The van der Waals surface area contributed by atoms with E-state index in [1.165, 1.54) is 116 Å². The highest BCUT2D eigenvalue weighted by atomic mass is 79.9. The molecule has 1 unspecified atom stereocenters. The molecular weight excluding hydrogens is 647 g/mol. The topological polar surface area (TPSA) is 44.8 Å². The molecule has 0 aliphatic carbocycles. The van der Waals surface area contributed by atoms with Crippen LogP contribution in [-0.2, 0) is 24.6 Å². The Bertz CT molecular complexity index is 831. The first-order valence-electron chi connectivity index (χ1n) is 18.2. The minimum absolute atomic E-state index is 0.329. The quantitative estimate of drug-likeness (QED) is 0.0344. The predicted molar refractivity (Wildman–Crippen MR) is 199 cm³/mol. The molecule has 0 heterocycles. The van der Waals surface area contributed by atoms with E-state index in [0.29, 0.717) is 29.7 Å². The van der Waals surface area contributed by atoms with E-state index in [0.717, 1.165) is 25.0 Å². The smallest absolute Gasteiger partial charge is 0.331 e. The zero-order valence-corrected chi connectivity index (χ0v) is 33.0. The van der Waals surface area contributed by atoms with Crippen molar-refractivity contribution in [1.29, 1.82) is 0 Å². The summed E-state index contributed by atoms with van der Waals surface area (Å²) < 4.78 is 30.7. The van der Waals surface area contributed by atoms with E-state index in [2.05, 4.69) is 49.8 Å². The molecule has 0 aromatic heterocycles. The van der Waals surface area contributed by atoms with Crippen LogP contribution in [0.5, 0.6) is 0 Å². The van der Waals surface area contributed by atoms with Crippen LogP contribution in [0.2, 0.25) is 18.1 Å². The van der Waals surface area contributed by atoms with Gasteiger partial charge in [-0.15, -0.1) is 0 Å². The molecule has 44 heavy (non-hydrogen) atoms. The predicted octanol–water partition coefficient (Wildman–Crippen LogP) is 13.6.